The van der Waals surface area contributed by atoms with Crippen LogP contribution in [0.3, 0.4) is 0 Å². The van der Waals surface area contributed by atoms with Gasteiger partial charge in [-0.2, -0.15) is 0 Å². The molecule has 0 saturated heterocycles. The van der Waals surface area contributed by atoms with E-state index in [9.17, 15) is 3.67 Å². The van der Waals surface area contributed by atoms with E-state index in [2.05, 4.69) is 9.97 Å². The number of rotatable bonds is 2. The third kappa shape index (κ3) is 3.67. The van der Waals surface area contributed by atoms with E-state index in [0.717, 1.165) is 38.4 Å². The van der Waals surface area contributed by atoms with E-state index in [1.807, 2.05) is 84.9 Å². The maximum absolute atomic E-state index is 11.7. The summed E-state index contributed by atoms with van der Waals surface area (Å²) in [6, 6.07) is 29.3. The van der Waals surface area contributed by atoms with Gasteiger partial charge in [0.25, 0.3) is 0 Å². The molecule has 2 aliphatic heterocycles. The monoisotopic (exact) mass is 596 g/mol. The molecule has 2 aliphatic rings. The summed E-state index contributed by atoms with van der Waals surface area (Å²) in [5.41, 5.74) is 5.73. The van der Waals surface area contributed by atoms with Gasteiger partial charge in [0, 0.05) is 0 Å². The first-order valence-corrected chi connectivity index (χ1v) is 14.6. The molecular weight excluding hydrogens is 579 g/mol. The number of H-pyrrole nitrogens is 2. The molecule has 10 nitrogen and oxygen atoms in total. The first-order valence-electron chi connectivity index (χ1n) is 13.5. The molecule has 11 heteroatoms. The summed E-state index contributed by atoms with van der Waals surface area (Å²) in [4.78, 5) is 36.6. The average molecular weight is 596 g/mol. The van der Waals surface area contributed by atoms with Crippen LogP contribution in [0.1, 0.15) is 0 Å². The van der Waals surface area contributed by atoms with Crippen LogP contribution < -0.4 is 3.66 Å². The first-order chi connectivity index (χ1) is 21.2. The Hall–Kier alpha value is -5.58. The molecule has 0 fully saturated rings. The molecule has 0 aliphatic carbocycles. The number of aromatic nitrogens is 8. The fourth-order valence-electron chi connectivity index (χ4n) is 5.77. The molecule has 4 aromatic carbocycles. The second-order valence-corrected chi connectivity index (χ2v) is 10.6. The number of hydrogen-bond donors (Lipinski definition) is 2. The fraction of sp³-hybridized carbons (Fsp3) is 0. The first kappa shape index (κ1) is 24.1. The van der Waals surface area contributed by atoms with Crippen LogP contribution in [-0.4, -0.2) is 39.9 Å². The summed E-state index contributed by atoms with van der Waals surface area (Å²) in [6.45, 7) is 0. The van der Waals surface area contributed by atoms with Crippen LogP contribution in [0.4, 0.5) is 0 Å². The predicted octanol–water partition coefficient (Wildman–Crippen LogP) is 6.59. The van der Waals surface area contributed by atoms with Crippen LogP contribution in [0.25, 0.3) is 89.7 Å². The zero-order chi connectivity index (χ0) is 28.5. The number of nitrogens with zero attached hydrogens (tertiary/aromatic N) is 6. The SMILES string of the molecule is [O]=[V][O]c1cccc2c3nc4nc(nc5[nH]c(nc6nc(nc([nH]3)c12)-c1ccccc1-6)c1ccccc51)-c1ccccc1-4. The van der Waals surface area contributed by atoms with Crippen molar-refractivity contribution in [1.29, 1.82) is 0 Å². The van der Waals surface area contributed by atoms with Crippen LogP contribution in [0.2, 0.25) is 0 Å². The van der Waals surface area contributed by atoms with Gasteiger partial charge >= 0.3 is 232 Å². The molecule has 202 valence electrons. The normalized spacial score (nSPS) is 11.8. The van der Waals surface area contributed by atoms with E-state index >= 15 is 0 Å². The van der Waals surface area contributed by atoms with Crippen molar-refractivity contribution in [2.24, 2.45) is 0 Å². The van der Waals surface area contributed by atoms with Crippen molar-refractivity contribution in [2.45, 2.75) is 0 Å². The Balaban J connectivity index is 1.51. The van der Waals surface area contributed by atoms with Gasteiger partial charge in [0.1, 0.15) is 0 Å². The number of fused-ring (bicyclic) bond motifs is 20. The molecule has 7 aromatic rings. The van der Waals surface area contributed by atoms with E-state index < -0.39 is 16.6 Å². The van der Waals surface area contributed by atoms with Crippen molar-refractivity contribution < 1.29 is 23.9 Å². The molecule has 3 aromatic heterocycles. The van der Waals surface area contributed by atoms with E-state index in [4.69, 9.17) is 33.6 Å². The van der Waals surface area contributed by atoms with Crippen molar-refractivity contribution in [2.75, 3.05) is 0 Å². The third-order valence-electron chi connectivity index (χ3n) is 7.68. The van der Waals surface area contributed by atoms with Gasteiger partial charge in [-0.3, -0.25) is 0 Å². The van der Waals surface area contributed by atoms with Gasteiger partial charge < -0.3 is 0 Å². The second-order valence-electron chi connectivity index (χ2n) is 10.1. The topological polar surface area (TPSA) is 135 Å². The van der Waals surface area contributed by atoms with Gasteiger partial charge in [-0.05, 0) is 0 Å². The van der Waals surface area contributed by atoms with E-state index in [1.54, 1.807) is 6.07 Å². The molecule has 2 N–H and O–H groups in total. The van der Waals surface area contributed by atoms with Gasteiger partial charge in [0.15, 0.2) is 0 Å². The molecule has 0 atom stereocenters. The Labute approximate surface area is 249 Å². The number of hydrogen-bond acceptors (Lipinski definition) is 8. The third-order valence-corrected chi connectivity index (χ3v) is 8.10. The molecule has 43 heavy (non-hydrogen) atoms. The van der Waals surface area contributed by atoms with Gasteiger partial charge in [-0.25, -0.2) is 0 Å². The van der Waals surface area contributed by atoms with Gasteiger partial charge in [0.05, 0.1) is 0 Å². The summed E-state index contributed by atoms with van der Waals surface area (Å²) >= 11 is -1.59. The van der Waals surface area contributed by atoms with Crippen LogP contribution in [0, 0.1) is 0 Å². The van der Waals surface area contributed by atoms with Crippen LogP contribution >= 0.6 is 0 Å². The molecule has 8 bridgehead atoms. The zero-order valence-corrected chi connectivity index (χ0v) is 23.5. The standard InChI is InChI=1S/C32H18N8O.O.V/c41-23-15-7-14-22-24(23)32-39-30-21-13-6-5-12-20(21)28(37-30)35-26-17-9-2-1-8-16(17)25(33-26)34-27-18-10-3-4-11-19(18)29(36-27)38-31(22)40-32;;/h1-15,41H,(H2,33,34,35,36,37,38,39,40);;/q;;+1/p-1. The van der Waals surface area contributed by atoms with E-state index in [-0.39, 0.29) is 0 Å². The van der Waals surface area contributed by atoms with Crippen molar-refractivity contribution in [3.63, 3.8) is 0 Å². The summed E-state index contributed by atoms with van der Waals surface area (Å²) in [7, 11) is 0. The van der Waals surface area contributed by atoms with Crippen molar-refractivity contribution in [3.8, 4) is 51.3 Å². The molecular formula is C32H17N8O2V. The van der Waals surface area contributed by atoms with Crippen LogP contribution in [0.15, 0.2) is 91.0 Å². The second kappa shape index (κ2) is 9.22. The minimum atomic E-state index is -1.59. The van der Waals surface area contributed by atoms with Crippen LogP contribution in [0.5, 0.6) is 5.75 Å². The summed E-state index contributed by atoms with van der Waals surface area (Å²) in [5, 5.41) is 3.24. The maximum atomic E-state index is 11.7. The van der Waals surface area contributed by atoms with Gasteiger partial charge in [-0.15, -0.1) is 0 Å². The molecule has 0 spiro atoms. The molecule has 0 saturated carbocycles. The summed E-state index contributed by atoms with van der Waals surface area (Å²) in [6.07, 6.45) is 0. The Morgan fingerprint density at radius 3 is 1.40 bits per heavy atom. The Morgan fingerprint density at radius 1 is 0.465 bits per heavy atom. The molecule has 9 rings (SSSR count). The average Bonchev–Trinajstić information content (AvgIpc) is 3.77. The number of aromatic amines is 2. The Kier molecular flexibility index (Phi) is 5.16. The zero-order valence-electron chi connectivity index (χ0n) is 22.1. The molecule has 0 amide bonds. The number of benzene rings is 4. The van der Waals surface area contributed by atoms with Crippen molar-refractivity contribution >= 4 is 44.1 Å². The Morgan fingerprint density at radius 2 is 0.884 bits per heavy atom. The van der Waals surface area contributed by atoms with Gasteiger partial charge in [-0.1, -0.05) is 18.2 Å². The Bertz CT molecular complexity index is 2480. The molecule has 5 heterocycles. The quantitative estimate of drug-likeness (QED) is 0.228. The summed E-state index contributed by atoms with van der Waals surface area (Å²) in [5.74, 6) is 2.52. The predicted molar refractivity (Wildman–Crippen MR) is 157 cm³/mol. The van der Waals surface area contributed by atoms with E-state index in [0.29, 0.717) is 57.0 Å². The van der Waals surface area contributed by atoms with Crippen molar-refractivity contribution in [1.82, 2.24) is 39.9 Å². The van der Waals surface area contributed by atoms with Crippen molar-refractivity contribution in [3.05, 3.63) is 91.0 Å². The summed E-state index contributed by atoms with van der Waals surface area (Å²) < 4.78 is 17.2. The molecule has 0 unspecified atom stereocenters. The fourth-order valence-corrected chi connectivity index (χ4v) is 6.14. The number of nitrogens with one attached hydrogen (secondary N) is 2. The van der Waals surface area contributed by atoms with Gasteiger partial charge in [0.2, 0.25) is 0 Å². The van der Waals surface area contributed by atoms with E-state index in [1.165, 1.54) is 0 Å². The molecule has 0 radical (unpaired) electrons. The van der Waals surface area contributed by atoms with Crippen LogP contribution in [-0.2, 0) is 20.3 Å². The minimum absolute atomic E-state index is 0.448.